The van der Waals surface area contributed by atoms with Gasteiger partial charge in [-0.25, -0.2) is 4.98 Å². The van der Waals surface area contributed by atoms with Gasteiger partial charge in [0.2, 0.25) is 0 Å². The second-order valence-electron chi connectivity index (χ2n) is 4.32. The minimum absolute atomic E-state index is 0.0579. The zero-order valence-electron chi connectivity index (χ0n) is 9.93. The van der Waals surface area contributed by atoms with Crippen molar-refractivity contribution in [2.75, 3.05) is 11.4 Å². The first-order chi connectivity index (χ1) is 8.77. The predicted octanol–water partition coefficient (Wildman–Crippen LogP) is 2.06. The minimum Gasteiger partial charge on any atom is -0.384 e. The van der Waals surface area contributed by atoms with E-state index in [4.69, 9.17) is 11.1 Å². The standard InChI is InChI=1S/C14H14N4/c15-13(16)11-5-3-8-17-14(11)18-9-7-10-4-1-2-6-12(10)18/h1-6,8H,7,9H2,(H3,15,16). The summed E-state index contributed by atoms with van der Waals surface area (Å²) in [7, 11) is 0. The summed E-state index contributed by atoms with van der Waals surface area (Å²) >= 11 is 0. The average molecular weight is 238 g/mol. The van der Waals surface area contributed by atoms with Crippen LogP contribution < -0.4 is 10.6 Å². The fourth-order valence-electron chi connectivity index (χ4n) is 2.38. The lowest BCUT2D eigenvalue weighted by Crippen LogP contribution is -2.21. The van der Waals surface area contributed by atoms with Gasteiger partial charge < -0.3 is 10.6 Å². The fraction of sp³-hybridized carbons (Fsp3) is 0.143. The van der Waals surface area contributed by atoms with E-state index >= 15 is 0 Å². The van der Waals surface area contributed by atoms with Crippen molar-refractivity contribution < 1.29 is 0 Å². The van der Waals surface area contributed by atoms with Crippen molar-refractivity contribution in [2.45, 2.75) is 6.42 Å². The summed E-state index contributed by atoms with van der Waals surface area (Å²) in [6, 6.07) is 11.9. The van der Waals surface area contributed by atoms with Crippen LogP contribution in [0.2, 0.25) is 0 Å². The number of hydrogen-bond acceptors (Lipinski definition) is 3. The Morgan fingerprint density at radius 3 is 2.89 bits per heavy atom. The molecular formula is C14H14N4. The molecule has 3 rings (SSSR count). The molecule has 0 saturated heterocycles. The van der Waals surface area contributed by atoms with Gasteiger partial charge in [-0.2, -0.15) is 0 Å². The van der Waals surface area contributed by atoms with Crippen molar-refractivity contribution in [1.82, 2.24) is 4.98 Å². The number of benzene rings is 1. The molecule has 2 aromatic rings. The van der Waals surface area contributed by atoms with E-state index < -0.39 is 0 Å². The maximum atomic E-state index is 7.64. The summed E-state index contributed by atoms with van der Waals surface area (Å²) in [5.74, 6) is 0.831. The topological polar surface area (TPSA) is 66.0 Å². The monoisotopic (exact) mass is 238 g/mol. The number of aromatic nitrogens is 1. The highest BCUT2D eigenvalue weighted by Crippen LogP contribution is 2.34. The molecule has 0 aliphatic carbocycles. The Morgan fingerprint density at radius 2 is 2.06 bits per heavy atom. The molecule has 1 aliphatic heterocycles. The van der Waals surface area contributed by atoms with E-state index in [0.717, 1.165) is 18.8 Å². The number of rotatable bonds is 2. The fourth-order valence-corrected chi connectivity index (χ4v) is 2.38. The molecule has 0 radical (unpaired) electrons. The Bertz CT molecular complexity index is 606. The van der Waals surface area contributed by atoms with E-state index in [0.29, 0.717) is 5.56 Å². The SMILES string of the molecule is N=C(N)c1cccnc1N1CCc2ccccc21. The third-order valence-electron chi connectivity index (χ3n) is 3.22. The van der Waals surface area contributed by atoms with Crippen molar-refractivity contribution >= 4 is 17.3 Å². The normalized spacial score (nSPS) is 13.4. The maximum Gasteiger partial charge on any atom is 0.143 e. The van der Waals surface area contributed by atoms with Crippen molar-refractivity contribution in [3.05, 3.63) is 53.7 Å². The van der Waals surface area contributed by atoms with E-state index in [1.807, 2.05) is 24.3 Å². The second-order valence-corrected chi connectivity index (χ2v) is 4.32. The Hall–Kier alpha value is -2.36. The summed E-state index contributed by atoms with van der Waals surface area (Å²) in [4.78, 5) is 6.52. The first kappa shape index (κ1) is 10.8. The molecule has 1 aromatic carbocycles. The first-order valence-electron chi connectivity index (χ1n) is 5.92. The lowest BCUT2D eigenvalue weighted by Gasteiger charge is -2.20. The predicted molar refractivity (Wildman–Crippen MR) is 72.4 cm³/mol. The van der Waals surface area contributed by atoms with Crippen LogP contribution in [0.4, 0.5) is 11.5 Å². The Morgan fingerprint density at radius 1 is 1.22 bits per heavy atom. The number of pyridine rings is 1. The van der Waals surface area contributed by atoms with E-state index in [2.05, 4.69) is 22.0 Å². The average Bonchev–Trinajstić information content (AvgIpc) is 2.82. The number of para-hydroxylation sites is 1. The van der Waals surface area contributed by atoms with Gasteiger partial charge in [-0.15, -0.1) is 0 Å². The zero-order valence-corrected chi connectivity index (χ0v) is 9.93. The van der Waals surface area contributed by atoms with Crippen LogP contribution in [0.5, 0.6) is 0 Å². The summed E-state index contributed by atoms with van der Waals surface area (Å²) in [6.45, 7) is 0.886. The molecule has 1 aliphatic rings. The number of anilines is 2. The van der Waals surface area contributed by atoms with E-state index in [1.165, 1.54) is 11.3 Å². The van der Waals surface area contributed by atoms with Crippen LogP contribution in [-0.4, -0.2) is 17.4 Å². The number of nitrogens with one attached hydrogen (secondary N) is 1. The van der Waals surface area contributed by atoms with Crippen molar-refractivity contribution in [3.63, 3.8) is 0 Å². The highest BCUT2D eigenvalue weighted by atomic mass is 15.2. The van der Waals surface area contributed by atoms with Crippen molar-refractivity contribution in [3.8, 4) is 0 Å². The van der Waals surface area contributed by atoms with Crippen LogP contribution in [0.25, 0.3) is 0 Å². The molecule has 0 fully saturated rings. The number of hydrogen-bond donors (Lipinski definition) is 2. The number of amidine groups is 1. The Balaban J connectivity index is 2.10. The highest BCUT2D eigenvalue weighted by Gasteiger charge is 2.23. The van der Waals surface area contributed by atoms with Gasteiger partial charge in [0.1, 0.15) is 11.7 Å². The van der Waals surface area contributed by atoms with Gasteiger partial charge >= 0.3 is 0 Å². The molecule has 0 unspecified atom stereocenters. The highest BCUT2D eigenvalue weighted by molar-refractivity contribution is 6.00. The van der Waals surface area contributed by atoms with Gasteiger partial charge in [0.15, 0.2) is 0 Å². The third kappa shape index (κ3) is 1.62. The molecular weight excluding hydrogens is 224 g/mol. The van der Waals surface area contributed by atoms with Gasteiger partial charge in [-0.3, -0.25) is 5.41 Å². The van der Waals surface area contributed by atoms with Gasteiger partial charge in [-0.1, -0.05) is 18.2 Å². The van der Waals surface area contributed by atoms with Crippen LogP contribution >= 0.6 is 0 Å². The Kier molecular flexibility index (Phi) is 2.48. The molecule has 1 aromatic heterocycles. The van der Waals surface area contributed by atoms with Crippen molar-refractivity contribution in [2.24, 2.45) is 5.73 Å². The summed E-state index contributed by atoms with van der Waals surface area (Å²) in [5, 5.41) is 7.64. The molecule has 2 heterocycles. The molecule has 0 bridgehead atoms. The molecule has 4 nitrogen and oxygen atoms in total. The summed E-state index contributed by atoms with van der Waals surface area (Å²) in [6.07, 6.45) is 2.74. The van der Waals surface area contributed by atoms with Crippen LogP contribution in [0.15, 0.2) is 42.6 Å². The number of nitrogens with two attached hydrogens (primary N) is 1. The molecule has 4 heteroatoms. The van der Waals surface area contributed by atoms with E-state index in [-0.39, 0.29) is 5.84 Å². The largest absolute Gasteiger partial charge is 0.384 e. The van der Waals surface area contributed by atoms with E-state index in [9.17, 15) is 0 Å². The quantitative estimate of drug-likeness (QED) is 0.621. The number of fused-ring (bicyclic) bond motifs is 1. The molecule has 0 atom stereocenters. The van der Waals surface area contributed by atoms with E-state index in [1.54, 1.807) is 6.20 Å². The molecule has 0 spiro atoms. The summed E-state index contributed by atoms with van der Waals surface area (Å²) < 4.78 is 0. The van der Waals surface area contributed by atoms with Gasteiger partial charge in [0.05, 0.1) is 5.56 Å². The molecule has 90 valence electrons. The van der Waals surface area contributed by atoms with Crippen LogP contribution in [0.1, 0.15) is 11.1 Å². The molecule has 0 saturated carbocycles. The molecule has 3 N–H and O–H groups in total. The zero-order chi connectivity index (χ0) is 12.5. The lowest BCUT2D eigenvalue weighted by molar-refractivity contribution is 0.971. The lowest BCUT2D eigenvalue weighted by atomic mass is 10.2. The van der Waals surface area contributed by atoms with Crippen LogP contribution in [-0.2, 0) is 6.42 Å². The van der Waals surface area contributed by atoms with Crippen LogP contribution in [0, 0.1) is 5.41 Å². The van der Waals surface area contributed by atoms with Crippen molar-refractivity contribution in [1.29, 1.82) is 5.41 Å². The Labute approximate surface area is 106 Å². The smallest absolute Gasteiger partial charge is 0.143 e. The van der Waals surface area contributed by atoms with Gasteiger partial charge in [0, 0.05) is 18.4 Å². The maximum absolute atomic E-state index is 7.64. The third-order valence-corrected chi connectivity index (χ3v) is 3.22. The number of nitrogen functional groups attached to an aromatic ring is 1. The summed E-state index contributed by atoms with van der Waals surface area (Å²) in [5.41, 5.74) is 8.79. The minimum atomic E-state index is 0.0579. The van der Waals surface area contributed by atoms with Gasteiger partial charge in [-0.05, 0) is 30.2 Å². The number of nitrogens with zero attached hydrogens (tertiary/aromatic N) is 2. The molecule has 0 amide bonds. The van der Waals surface area contributed by atoms with Crippen LogP contribution in [0.3, 0.4) is 0 Å². The first-order valence-corrected chi connectivity index (χ1v) is 5.92. The second kappa shape index (κ2) is 4.14. The molecule has 18 heavy (non-hydrogen) atoms. The van der Waals surface area contributed by atoms with Gasteiger partial charge in [0.25, 0.3) is 0 Å².